The number of hydrogen-bond acceptors (Lipinski definition) is 3. The van der Waals surface area contributed by atoms with Crippen LogP contribution in [0.3, 0.4) is 0 Å². The number of ether oxygens (including phenoxy) is 1. The maximum atomic E-state index is 5.66. The Hall–Kier alpha value is -0.930. The van der Waals surface area contributed by atoms with Crippen LogP contribution < -0.4 is 5.32 Å². The lowest BCUT2D eigenvalue weighted by Crippen LogP contribution is -2.41. The molecule has 1 N–H and O–H groups in total. The van der Waals surface area contributed by atoms with Crippen molar-refractivity contribution >= 4 is 0 Å². The van der Waals surface area contributed by atoms with Gasteiger partial charge in [0, 0.05) is 19.5 Å². The van der Waals surface area contributed by atoms with E-state index in [1.165, 1.54) is 11.1 Å². The Morgan fingerprint density at radius 3 is 2.69 bits per heavy atom. The molecular formula is C13H22N2O. The summed E-state index contributed by atoms with van der Waals surface area (Å²) in [6.45, 7) is 6.37. The number of likely N-dealkylation sites (N-methyl/N-ethyl adjacent to an activating group) is 1. The van der Waals surface area contributed by atoms with E-state index >= 15 is 0 Å². The van der Waals surface area contributed by atoms with E-state index in [1.807, 2.05) is 25.5 Å². The van der Waals surface area contributed by atoms with Gasteiger partial charge in [0.15, 0.2) is 0 Å². The smallest absolute Gasteiger partial charge is 0.0842 e. The number of methoxy groups -OCH3 is 1. The fourth-order valence-electron chi connectivity index (χ4n) is 2.03. The highest BCUT2D eigenvalue weighted by atomic mass is 16.5. The SMILES string of the molecule is CCC(C)(OC)C(NC)c1cnccc1C. The number of nitrogens with zero attached hydrogens (tertiary/aromatic N) is 1. The fraction of sp³-hybridized carbons (Fsp3) is 0.615. The van der Waals surface area contributed by atoms with Crippen LogP contribution in [0.4, 0.5) is 0 Å². The van der Waals surface area contributed by atoms with Gasteiger partial charge >= 0.3 is 0 Å². The van der Waals surface area contributed by atoms with Crippen molar-refractivity contribution in [1.29, 1.82) is 0 Å². The van der Waals surface area contributed by atoms with Crippen molar-refractivity contribution in [2.75, 3.05) is 14.2 Å². The predicted octanol–water partition coefficient (Wildman–Crippen LogP) is 2.47. The van der Waals surface area contributed by atoms with Crippen LogP contribution in [0.25, 0.3) is 0 Å². The van der Waals surface area contributed by atoms with Crippen molar-refractivity contribution in [3.8, 4) is 0 Å². The van der Waals surface area contributed by atoms with Crippen LogP contribution in [0.1, 0.15) is 37.4 Å². The van der Waals surface area contributed by atoms with Crippen LogP contribution in [0.2, 0.25) is 0 Å². The van der Waals surface area contributed by atoms with Crippen LogP contribution in [0, 0.1) is 6.92 Å². The molecule has 1 aromatic rings. The summed E-state index contributed by atoms with van der Waals surface area (Å²) in [6, 6.07) is 2.20. The molecular weight excluding hydrogens is 200 g/mol. The summed E-state index contributed by atoms with van der Waals surface area (Å²) in [7, 11) is 3.73. The van der Waals surface area contributed by atoms with E-state index in [2.05, 4.69) is 31.1 Å². The number of hydrogen-bond donors (Lipinski definition) is 1. The molecule has 2 unspecified atom stereocenters. The second kappa shape index (κ2) is 5.41. The molecule has 0 aromatic carbocycles. The molecule has 0 radical (unpaired) electrons. The number of aromatic nitrogens is 1. The average Bonchev–Trinajstić information content (AvgIpc) is 2.32. The monoisotopic (exact) mass is 222 g/mol. The quantitative estimate of drug-likeness (QED) is 0.831. The molecule has 0 spiro atoms. The second-order valence-corrected chi connectivity index (χ2v) is 4.32. The first-order chi connectivity index (χ1) is 7.59. The molecule has 1 heterocycles. The third kappa shape index (κ3) is 2.42. The van der Waals surface area contributed by atoms with Crippen LogP contribution in [0.15, 0.2) is 18.5 Å². The third-order valence-corrected chi connectivity index (χ3v) is 3.46. The lowest BCUT2D eigenvalue weighted by atomic mass is 9.86. The van der Waals surface area contributed by atoms with E-state index in [0.717, 1.165) is 6.42 Å². The summed E-state index contributed by atoms with van der Waals surface area (Å²) in [5.41, 5.74) is 2.24. The molecule has 0 saturated carbocycles. The van der Waals surface area contributed by atoms with Crippen LogP contribution in [0.5, 0.6) is 0 Å². The van der Waals surface area contributed by atoms with Gasteiger partial charge < -0.3 is 10.1 Å². The highest BCUT2D eigenvalue weighted by molar-refractivity contribution is 5.27. The summed E-state index contributed by atoms with van der Waals surface area (Å²) in [4.78, 5) is 4.20. The van der Waals surface area contributed by atoms with Crippen molar-refractivity contribution in [3.05, 3.63) is 29.6 Å². The molecule has 0 saturated heterocycles. The van der Waals surface area contributed by atoms with Crippen molar-refractivity contribution in [1.82, 2.24) is 10.3 Å². The number of rotatable bonds is 5. The van der Waals surface area contributed by atoms with Crippen LogP contribution in [-0.2, 0) is 4.74 Å². The minimum Gasteiger partial charge on any atom is -0.377 e. The molecule has 3 heteroatoms. The van der Waals surface area contributed by atoms with E-state index in [-0.39, 0.29) is 11.6 Å². The van der Waals surface area contributed by atoms with Crippen LogP contribution >= 0.6 is 0 Å². The average molecular weight is 222 g/mol. The minimum atomic E-state index is -0.206. The van der Waals surface area contributed by atoms with Gasteiger partial charge in [-0.3, -0.25) is 4.98 Å². The number of nitrogens with one attached hydrogen (secondary N) is 1. The number of pyridine rings is 1. The Balaban J connectivity index is 3.12. The Morgan fingerprint density at radius 2 is 2.25 bits per heavy atom. The standard InChI is InChI=1S/C13H22N2O/c1-6-13(3,16-5)12(14-4)11-9-15-8-7-10(11)2/h7-9,12,14H,6H2,1-5H3. The summed E-state index contributed by atoms with van der Waals surface area (Å²) >= 11 is 0. The molecule has 16 heavy (non-hydrogen) atoms. The lowest BCUT2D eigenvalue weighted by molar-refractivity contribution is -0.0282. The lowest BCUT2D eigenvalue weighted by Gasteiger charge is -2.36. The molecule has 1 rings (SSSR count). The molecule has 0 aliphatic heterocycles. The molecule has 0 aliphatic rings. The van der Waals surface area contributed by atoms with Gasteiger partial charge in [-0.15, -0.1) is 0 Å². The van der Waals surface area contributed by atoms with Gasteiger partial charge in [0.2, 0.25) is 0 Å². The molecule has 1 aromatic heterocycles. The van der Waals surface area contributed by atoms with Gasteiger partial charge in [-0.25, -0.2) is 0 Å². The zero-order valence-corrected chi connectivity index (χ0v) is 10.9. The molecule has 0 bridgehead atoms. The highest BCUT2D eigenvalue weighted by Gasteiger charge is 2.33. The Kier molecular flexibility index (Phi) is 4.44. The fourth-order valence-corrected chi connectivity index (χ4v) is 2.03. The van der Waals surface area contributed by atoms with E-state index < -0.39 is 0 Å². The maximum Gasteiger partial charge on any atom is 0.0842 e. The van der Waals surface area contributed by atoms with Crippen molar-refractivity contribution in [2.24, 2.45) is 0 Å². The molecule has 2 atom stereocenters. The normalized spacial score (nSPS) is 16.8. The third-order valence-electron chi connectivity index (χ3n) is 3.46. The predicted molar refractivity (Wildman–Crippen MR) is 66.5 cm³/mol. The highest BCUT2D eigenvalue weighted by Crippen LogP contribution is 2.32. The summed E-state index contributed by atoms with van der Waals surface area (Å²) in [6.07, 6.45) is 4.69. The maximum absolute atomic E-state index is 5.66. The minimum absolute atomic E-state index is 0.163. The van der Waals surface area contributed by atoms with Gasteiger partial charge in [-0.1, -0.05) is 6.92 Å². The van der Waals surface area contributed by atoms with Gasteiger partial charge in [0.25, 0.3) is 0 Å². The van der Waals surface area contributed by atoms with Gasteiger partial charge in [-0.2, -0.15) is 0 Å². The summed E-state index contributed by atoms with van der Waals surface area (Å²) in [5, 5.41) is 3.34. The topological polar surface area (TPSA) is 34.1 Å². The van der Waals surface area contributed by atoms with Crippen molar-refractivity contribution < 1.29 is 4.74 Å². The Bertz CT molecular complexity index is 334. The van der Waals surface area contributed by atoms with E-state index in [0.29, 0.717) is 0 Å². The van der Waals surface area contributed by atoms with Gasteiger partial charge in [0.05, 0.1) is 11.6 Å². The number of aryl methyl sites for hydroxylation is 1. The second-order valence-electron chi connectivity index (χ2n) is 4.32. The Labute approximate surface area is 98.2 Å². The van der Waals surface area contributed by atoms with Crippen molar-refractivity contribution in [2.45, 2.75) is 38.8 Å². The van der Waals surface area contributed by atoms with Crippen LogP contribution in [-0.4, -0.2) is 24.7 Å². The van der Waals surface area contributed by atoms with Gasteiger partial charge in [0.1, 0.15) is 0 Å². The van der Waals surface area contributed by atoms with Crippen molar-refractivity contribution in [3.63, 3.8) is 0 Å². The molecule has 90 valence electrons. The van der Waals surface area contributed by atoms with E-state index in [9.17, 15) is 0 Å². The zero-order valence-electron chi connectivity index (χ0n) is 10.9. The Morgan fingerprint density at radius 1 is 1.56 bits per heavy atom. The largest absolute Gasteiger partial charge is 0.377 e. The first-order valence-electron chi connectivity index (χ1n) is 5.72. The van der Waals surface area contributed by atoms with E-state index in [1.54, 1.807) is 7.11 Å². The first kappa shape index (κ1) is 13.1. The van der Waals surface area contributed by atoms with Gasteiger partial charge in [-0.05, 0) is 44.5 Å². The zero-order chi connectivity index (χ0) is 12.2. The molecule has 0 aliphatic carbocycles. The first-order valence-corrected chi connectivity index (χ1v) is 5.72. The van der Waals surface area contributed by atoms with E-state index in [4.69, 9.17) is 4.74 Å². The summed E-state index contributed by atoms with van der Waals surface area (Å²) < 4.78 is 5.66. The molecule has 0 fully saturated rings. The summed E-state index contributed by atoms with van der Waals surface area (Å²) in [5.74, 6) is 0. The molecule has 0 amide bonds. The molecule has 3 nitrogen and oxygen atoms in total.